The molecule has 8 nitrogen and oxygen atoms in total. The molecule has 3 rings (SSSR count). The highest BCUT2D eigenvalue weighted by Crippen LogP contribution is 2.39. The number of anilines is 2. The Morgan fingerprint density at radius 3 is 1.12 bits per heavy atom. The first-order valence-electron chi connectivity index (χ1n) is 11.7. The van der Waals surface area contributed by atoms with Gasteiger partial charge in [-0.3, -0.25) is 10.6 Å². The Kier molecular flexibility index (Phi) is 12.5. The molecule has 0 spiro atoms. The predicted octanol–water partition coefficient (Wildman–Crippen LogP) is 8.62. The number of nitrogens with one attached hydrogen (secondary N) is 2. The van der Waals surface area contributed by atoms with Gasteiger partial charge >= 0.3 is 12.2 Å². The van der Waals surface area contributed by atoms with E-state index in [0.717, 1.165) is 0 Å². The van der Waals surface area contributed by atoms with Crippen molar-refractivity contribution in [2.45, 2.75) is 12.2 Å². The third-order valence-electron chi connectivity index (χ3n) is 5.06. The van der Waals surface area contributed by atoms with Crippen LogP contribution in [0.3, 0.4) is 0 Å². The van der Waals surface area contributed by atoms with Crippen molar-refractivity contribution in [2.75, 3.05) is 34.2 Å². The van der Waals surface area contributed by atoms with Crippen LogP contribution in [0.2, 0.25) is 0 Å². The van der Waals surface area contributed by atoms with Crippen molar-refractivity contribution in [1.29, 1.82) is 0 Å². The van der Waals surface area contributed by atoms with Crippen molar-refractivity contribution < 1.29 is 46.1 Å². The molecule has 3 aromatic carbocycles. The molecule has 0 aliphatic rings. The van der Waals surface area contributed by atoms with Gasteiger partial charge in [0.15, 0.2) is 0 Å². The monoisotopic (exact) mass is 672 g/mol. The van der Waals surface area contributed by atoms with Crippen molar-refractivity contribution >= 4 is 70.0 Å². The minimum atomic E-state index is -1.86. The molecular weight excluding hydrogens is 654 g/mol. The van der Waals surface area contributed by atoms with Crippen LogP contribution in [-0.2, 0) is 9.47 Å². The number of ether oxygens (including phenoxy) is 4. The van der Waals surface area contributed by atoms with E-state index in [4.69, 9.17) is 65.4 Å². The van der Waals surface area contributed by atoms with Crippen molar-refractivity contribution in [3.8, 4) is 23.0 Å². The van der Waals surface area contributed by atoms with Gasteiger partial charge in [-0.15, -0.1) is 46.4 Å². The fourth-order valence-corrected chi connectivity index (χ4v) is 3.94. The zero-order valence-corrected chi connectivity index (χ0v) is 24.1. The third kappa shape index (κ3) is 8.84. The van der Waals surface area contributed by atoms with Crippen LogP contribution < -0.4 is 20.1 Å². The average molecular weight is 674 g/mol. The minimum absolute atomic E-state index is 0.0224. The molecule has 16 heteroatoms. The third-order valence-corrected chi connectivity index (χ3v) is 6.44. The van der Waals surface area contributed by atoms with Crippen LogP contribution in [0, 0.1) is 23.3 Å². The predicted molar refractivity (Wildman–Crippen MR) is 150 cm³/mol. The van der Waals surface area contributed by atoms with Gasteiger partial charge in [0.1, 0.15) is 23.7 Å². The molecule has 0 atom stereocenters. The molecule has 0 unspecified atom stereocenters. The lowest BCUT2D eigenvalue weighted by atomic mass is 10.2. The van der Waals surface area contributed by atoms with E-state index < -0.39 is 59.2 Å². The fraction of sp³-hybridized carbons (Fsp3) is 0.231. The van der Waals surface area contributed by atoms with E-state index in [-0.39, 0.29) is 46.4 Å². The van der Waals surface area contributed by atoms with Gasteiger partial charge in [-0.05, 0) is 48.5 Å². The molecule has 0 saturated heterocycles. The molecule has 0 radical (unpaired) electrons. The zero-order valence-electron chi connectivity index (χ0n) is 21.1. The highest BCUT2D eigenvalue weighted by Gasteiger charge is 2.29. The summed E-state index contributed by atoms with van der Waals surface area (Å²) >= 11 is 22.4. The van der Waals surface area contributed by atoms with Crippen LogP contribution in [0.5, 0.6) is 23.0 Å². The molecule has 2 N–H and O–H groups in total. The van der Waals surface area contributed by atoms with Crippen LogP contribution in [0.4, 0.5) is 38.5 Å². The summed E-state index contributed by atoms with van der Waals surface area (Å²) in [4.78, 5) is 23.7. The summed E-state index contributed by atoms with van der Waals surface area (Å²) in [5.74, 6) is -10.7. The largest absolute Gasteiger partial charge is 0.451 e. The van der Waals surface area contributed by atoms with E-state index >= 15 is 0 Å². The topological polar surface area (TPSA) is 95.1 Å². The SMILES string of the molecule is O=C(Nc1ccc(Oc2c(F)c(F)c(Oc3ccc(NC(=O)OC(CCl)CCl)cc3)c(F)c2F)cc1)OC(CCl)CCl. The molecule has 0 aliphatic heterocycles. The van der Waals surface area contributed by atoms with Gasteiger partial charge in [-0.2, -0.15) is 17.6 Å². The Labute approximate surface area is 256 Å². The van der Waals surface area contributed by atoms with Crippen molar-refractivity contribution in [2.24, 2.45) is 0 Å². The smallest absolute Gasteiger partial charge is 0.411 e. The number of carbonyl (C=O) groups is 2. The quantitative estimate of drug-likeness (QED) is 0.114. The number of benzene rings is 3. The lowest BCUT2D eigenvalue weighted by molar-refractivity contribution is 0.132. The Balaban J connectivity index is 1.69. The maximum atomic E-state index is 14.7. The molecule has 226 valence electrons. The van der Waals surface area contributed by atoms with E-state index in [9.17, 15) is 27.2 Å². The molecule has 0 saturated carbocycles. The number of amides is 2. The summed E-state index contributed by atoms with van der Waals surface area (Å²) in [5, 5.41) is 4.75. The second-order valence-corrected chi connectivity index (χ2v) is 9.32. The van der Waals surface area contributed by atoms with E-state index in [1.54, 1.807) is 0 Å². The average Bonchev–Trinajstić information content (AvgIpc) is 2.99. The Hall–Kier alpha value is -3.32. The van der Waals surface area contributed by atoms with Gasteiger partial charge in [-0.25, -0.2) is 9.59 Å². The molecule has 2 amide bonds. The first-order chi connectivity index (χ1) is 20.1. The number of hydrogen-bond acceptors (Lipinski definition) is 6. The summed E-state index contributed by atoms with van der Waals surface area (Å²) in [7, 11) is 0. The van der Waals surface area contributed by atoms with Gasteiger partial charge in [0.25, 0.3) is 0 Å². The van der Waals surface area contributed by atoms with Gasteiger partial charge in [0.05, 0.1) is 23.5 Å². The van der Waals surface area contributed by atoms with Crippen molar-refractivity contribution in [3.63, 3.8) is 0 Å². The summed E-state index contributed by atoms with van der Waals surface area (Å²) in [6, 6.07) is 9.80. The van der Waals surface area contributed by atoms with Gasteiger partial charge in [-0.1, -0.05) is 0 Å². The van der Waals surface area contributed by atoms with E-state index in [2.05, 4.69) is 10.6 Å². The molecule has 0 heterocycles. The van der Waals surface area contributed by atoms with Crippen LogP contribution in [0.1, 0.15) is 0 Å². The van der Waals surface area contributed by atoms with Crippen LogP contribution in [0.15, 0.2) is 48.5 Å². The Bertz CT molecular complexity index is 1250. The molecule has 0 fully saturated rings. The molecular formula is C26H20Cl4F4N2O6. The first-order valence-corrected chi connectivity index (χ1v) is 13.8. The molecule has 0 aliphatic carbocycles. The standard InChI is InChI=1S/C26H20Cl4F4N2O6/c27-9-17(10-28)41-25(37)35-13-1-5-15(6-2-13)39-23-19(31)21(33)24(22(34)20(23)32)40-16-7-3-14(4-8-16)36-26(38)42-18(11-29)12-30/h1-8,17-18H,9-12H2,(H,35,37)(H,36,38). The lowest BCUT2D eigenvalue weighted by Gasteiger charge is -2.15. The highest BCUT2D eigenvalue weighted by molar-refractivity contribution is 6.21. The maximum absolute atomic E-state index is 14.7. The van der Waals surface area contributed by atoms with Gasteiger partial charge in [0.2, 0.25) is 34.8 Å². The van der Waals surface area contributed by atoms with Gasteiger partial charge < -0.3 is 18.9 Å². The summed E-state index contributed by atoms with van der Waals surface area (Å²) in [5.41, 5.74) is 0.398. The Morgan fingerprint density at radius 2 is 0.857 bits per heavy atom. The Morgan fingerprint density at radius 1 is 0.571 bits per heavy atom. The molecule has 0 bridgehead atoms. The minimum Gasteiger partial charge on any atom is -0.451 e. The fourth-order valence-electron chi connectivity index (χ4n) is 3.02. The summed E-state index contributed by atoms with van der Waals surface area (Å²) in [6.45, 7) is 0. The number of hydrogen-bond donors (Lipinski definition) is 2. The molecule has 0 aromatic heterocycles. The van der Waals surface area contributed by atoms with Crippen molar-refractivity contribution in [3.05, 3.63) is 71.8 Å². The van der Waals surface area contributed by atoms with Crippen molar-refractivity contribution in [1.82, 2.24) is 0 Å². The first kappa shape index (κ1) is 33.2. The van der Waals surface area contributed by atoms with Crippen LogP contribution in [-0.4, -0.2) is 47.9 Å². The highest BCUT2D eigenvalue weighted by atomic mass is 35.5. The summed E-state index contributed by atoms with van der Waals surface area (Å²) < 4.78 is 78.9. The number of carbonyl (C=O) groups excluding carboxylic acids is 2. The van der Waals surface area contributed by atoms with E-state index in [1.165, 1.54) is 48.5 Å². The second kappa shape index (κ2) is 15.8. The normalized spacial score (nSPS) is 10.9. The maximum Gasteiger partial charge on any atom is 0.411 e. The molecule has 3 aromatic rings. The zero-order chi connectivity index (χ0) is 30.8. The molecule has 42 heavy (non-hydrogen) atoms. The van der Waals surface area contributed by atoms with Crippen LogP contribution >= 0.6 is 46.4 Å². The van der Waals surface area contributed by atoms with E-state index in [1.807, 2.05) is 0 Å². The van der Waals surface area contributed by atoms with Gasteiger partial charge in [0, 0.05) is 11.4 Å². The number of alkyl halides is 4. The van der Waals surface area contributed by atoms with E-state index in [0.29, 0.717) is 0 Å². The van der Waals surface area contributed by atoms with Crippen LogP contribution in [0.25, 0.3) is 0 Å². The lowest BCUT2D eigenvalue weighted by Crippen LogP contribution is -2.25. The number of rotatable bonds is 12. The second-order valence-electron chi connectivity index (χ2n) is 8.09. The summed E-state index contributed by atoms with van der Waals surface area (Å²) in [6.07, 6.45) is -3.17. The number of halogens is 8.